The van der Waals surface area contributed by atoms with E-state index in [1.807, 2.05) is 0 Å². The lowest BCUT2D eigenvalue weighted by molar-refractivity contribution is -0.216. The molecule has 5 fully saturated rings. The first-order valence-electron chi connectivity index (χ1n) is 9.53. The Bertz CT molecular complexity index is 693. The van der Waals surface area contributed by atoms with Crippen molar-refractivity contribution < 1.29 is 9.53 Å². The molecule has 1 aromatic heterocycles. The van der Waals surface area contributed by atoms with Crippen molar-refractivity contribution in [1.82, 2.24) is 4.57 Å². The van der Waals surface area contributed by atoms with E-state index in [-0.39, 0.29) is 5.91 Å². The molecule has 3 saturated carbocycles. The van der Waals surface area contributed by atoms with E-state index in [0.717, 1.165) is 42.9 Å². The molecule has 2 atom stereocenters. The maximum Gasteiger partial charge on any atom is 0.280 e. The van der Waals surface area contributed by atoms with Crippen molar-refractivity contribution in [2.45, 2.75) is 76.5 Å². The van der Waals surface area contributed by atoms with Crippen LogP contribution >= 0.6 is 11.3 Å². The normalized spacial score (nSPS) is 38.5. The molecule has 2 saturated heterocycles. The number of ether oxygens (including phenoxy) is 1. The molecule has 1 amide bonds. The second kappa shape index (κ2) is 5.53. The van der Waals surface area contributed by atoms with Crippen LogP contribution in [0.1, 0.15) is 56.2 Å². The number of hydrogen-bond acceptors (Lipinski definition) is 3. The average molecular weight is 346 g/mol. The molecule has 4 nitrogen and oxygen atoms in total. The first-order chi connectivity index (χ1) is 11.6. The Morgan fingerprint density at radius 1 is 1.33 bits per heavy atom. The third-order valence-electron chi connectivity index (χ3n) is 6.59. The van der Waals surface area contributed by atoms with Crippen molar-refractivity contribution in [1.29, 1.82) is 0 Å². The predicted octanol–water partition coefficient (Wildman–Crippen LogP) is 3.43. The Kier molecular flexibility index (Phi) is 3.53. The van der Waals surface area contributed by atoms with Crippen LogP contribution in [0.25, 0.3) is 0 Å². The van der Waals surface area contributed by atoms with Crippen LogP contribution in [-0.4, -0.2) is 22.2 Å². The summed E-state index contributed by atoms with van der Waals surface area (Å²) >= 11 is 1.64. The summed E-state index contributed by atoms with van der Waals surface area (Å²) < 4.78 is 8.47. The Labute approximate surface area is 146 Å². The Balaban J connectivity index is 1.44. The van der Waals surface area contributed by atoms with E-state index in [2.05, 4.69) is 22.7 Å². The average Bonchev–Trinajstić information content (AvgIpc) is 2.81. The minimum Gasteiger partial charge on any atom is -0.362 e. The largest absolute Gasteiger partial charge is 0.362 e. The summed E-state index contributed by atoms with van der Waals surface area (Å²) in [6, 6.07) is 0. The van der Waals surface area contributed by atoms with Gasteiger partial charge < -0.3 is 9.30 Å². The van der Waals surface area contributed by atoms with Crippen LogP contribution in [0, 0.1) is 24.7 Å². The van der Waals surface area contributed by atoms with Crippen molar-refractivity contribution >= 4 is 17.2 Å². The summed E-state index contributed by atoms with van der Waals surface area (Å²) in [4.78, 5) is 19.8. The lowest BCUT2D eigenvalue weighted by atomic mass is 9.62. The molecule has 3 aliphatic carbocycles. The molecule has 24 heavy (non-hydrogen) atoms. The van der Waals surface area contributed by atoms with E-state index >= 15 is 0 Å². The smallest absolute Gasteiger partial charge is 0.280 e. The van der Waals surface area contributed by atoms with Crippen molar-refractivity contribution in [2.75, 3.05) is 0 Å². The van der Waals surface area contributed by atoms with E-state index < -0.39 is 5.60 Å². The number of nitrogens with zero attached hydrogens (tertiary/aromatic N) is 2. The molecule has 5 aliphatic rings. The van der Waals surface area contributed by atoms with Gasteiger partial charge in [0.1, 0.15) is 5.60 Å². The van der Waals surface area contributed by atoms with Crippen LogP contribution in [0.15, 0.2) is 11.2 Å². The first-order valence-corrected chi connectivity index (χ1v) is 10.4. The highest BCUT2D eigenvalue weighted by molar-refractivity contribution is 7.09. The summed E-state index contributed by atoms with van der Waals surface area (Å²) in [5.74, 6) is 2.12. The maximum absolute atomic E-state index is 13.1. The van der Waals surface area contributed by atoms with Gasteiger partial charge in [-0.1, -0.05) is 6.42 Å². The van der Waals surface area contributed by atoms with Crippen molar-refractivity contribution in [3.8, 4) is 0 Å². The van der Waals surface area contributed by atoms with Crippen molar-refractivity contribution in [3.63, 3.8) is 0 Å². The summed E-state index contributed by atoms with van der Waals surface area (Å²) in [6.07, 6.45) is 11.9. The van der Waals surface area contributed by atoms with E-state index in [1.165, 1.54) is 30.6 Å². The molecular formula is C19H26N2O2S. The van der Waals surface area contributed by atoms with Crippen LogP contribution in [0.2, 0.25) is 0 Å². The third kappa shape index (κ3) is 2.51. The van der Waals surface area contributed by atoms with Gasteiger partial charge in [0.25, 0.3) is 5.91 Å². The molecule has 0 spiro atoms. The van der Waals surface area contributed by atoms with Crippen LogP contribution < -0.4 is 4.80 Å². The van der Waals surface area contributed by atoms with Gasteiger partial charge in [-0.05, 0) is 69.6 Å². The summed E-state index contributed by atoms with van der Waals surface area (Å²) in [5.41, 5.74) is -0.596. The molecule has 6 rings (SSSR count). The van der Waals surface area contributed by atoms with Gasteiger partial charge >= 0.3 is 0 Å². The molecule has 1 aromatic rings. The van der Waals surface area contributed by atoms with Gasteiger partial charge in [-0.25, -0.2) is 0 Å². The molecule has 0 radical (unpaired) electrons. The minimum atomic E-state index is -0.596. The molecule has 4 bridgehead atoms. The van der Waals surface area contributed by atoms with Crippen LogP contribution in [0.3, 0.4) is 0 Å². The van der Waals surface area contributed by atoms with Gasteiger partial charge in [-0.3, -0.25) is 4.79 Å². The fraction of sp³-hybridized carbons (Fsp3) is 0.789. The van der Waals surface area contributed by atoms with Gasteiger partial charge in [0.05, 0.1) is 6.10 Å². The number of thiazole rings is 1. The zero-order valence-corrected chi connectivity index (χ0v) is 15.2. The number of amides is 1. The summed E-state index contributed by atoms with van der Waals surface area (Å²) in [7, 11) is 0. The second-order valence-corrected chi connectivity index (χ2v) is 9.79. The van der Waals surface area contributed by atoms with Gasteiger partial charge in [0, 0.05) is 17.6 Å². The van der Waals surface area contributed by atoms with Gasteiger partial charge in [0.2, 0.25) is 0 Å². The minimum absolute atomic E-state index is 0.00851. The quantitative estimate of drug-likeness (QED) is 0.841. The highest BCUT2D eigenvalue weighted by Gasteiger charge is 2.56. The zero-order chi connectivity index (χ0) is 16.3. The predicted molar refractivity (Wildman–Crippen MR) is 92.6 cm³/mol. The van der Waals surface area contributed by atoms with Gasteiger partial charge in [-0.2, -0.15) is 4.99 Å². The molecule has 2 aliphatic heterocycles. The van der Waals surface area contributed by atoms with Gasteiger partial charge in [-0.15, -0.1) is 11.3 Å². The SMILES string of the molecule is Cc1cn(CC2CCC2)c(=NC(=O)C23CC4CC(CC(C4)O2)C3)s1. The Hall–Kier alpha value is -0.940. The van der Waals surface area contributed by atoms with Crippen molar-refractivity contribution in [3.05, 3.63) is 15.9 Å². The van der Waals surface area contributed by atoms with E-state index in [4.69, 9.17) is 4.74 Å². The molecule has 5 heteroatoms. The summed E-state index contributed by atoms with van der Waals surface area (Å²) in [6.45, 7) is 3.12. The van der Waals surface area contributed by atoms with Crippen molar-refractivity contribution in [2.24, 2.45) is 22.7 Å². The highest BCUT2D eigenvalue weighted by Crippen LogP contribution is 2.53. The molecule has 0 N–H and O–H groups in total. The standard InChI is InChI=1S/C19H26N2O2S/c1-12-10-21(11-13-3-2-4-13)18(24-12)20-17(22)19-8-14-5-15(9-19)7-16(6-14)23-19/h10,13-16H,2-9,11H2,1H3. The molecule has 130 valence electrons. The van der Waals surface area contributed by atoms with Gasteiger partial charge in [0.15, 0.2) is 4.80 Å². The lowest BCUT2D eigenvalue weighted by Crippen LogP contribution is -2.58. The number of aromatic nitrogens is 1. The molecule has 0 aromatic carbocycles. The topological polar surface area (TPSA) is 43.6 Å². The highest BCUT2D eigenvalue weighted by atomic mass is 32.1. The lowest BCUT2D eigenvalue weighted by Gasteiger charge is -2.54. The van der Waals surface area contributed by atoms with E-state index in [1.54, 1.807) is 11.3 Å². The maximum atomic E-state index is 13.1. The number of rotatable bonds is 3. The fourth-order valence-corrected chi connectivity index (χ4v) is 6.29. The Morgan fingerprint density at radius 3 is 2.71 bits per heavy atom. The molecular weight excluding hydrogens is 320 g/mol. The molecule has 3 heterocycles. The van der Waals surface area contributed by atoms with Crippen LogP contribution in [0.4, 0.5) is 0 Å². The third-order valence-corrected chi connectivity index (χ3v) is 7.53. The molecule has 2 unspecified atom stereocenters. The fourth-order valence-electron chi connectivity index (χ4n) is 5.45. The number of carbonyl (C=O) groups excluding carboxylic acids is 1. The Morgan fingerprint density at radius 2 is 2.08 bits per heavy atom. The van der Waals surface area contributed by atoms with E-state index in [0.29, 0.717) is 17.9 Å². The number of hydrogen-bond donors (Lipinski definition) is 0. The number of aryl methyl sites for hydroxylation is 1. The van der Waals surface area contributed by atoms with E-state index in [9.17, 15) is 4.79 Å². The monoisotopic (exact) mass is 346 g/mol. The van der Waals surface area contributed by atoms with Crippen LogP contribution in [0.5, 0.6) is 0 Å². The second-order valence-electron chi connectivity index (χ2n) is 8.57. The zero-order valence-electron chi connectivity index (χ0n) is 14.4. The number of carbonyl (C=O) groups is 1. The summed E-state index contributed by atoms with van der Waals surface area (Å²) in [5, 5.41) is 0. The first kappa shape index (κ1) is 15.3. The van der Waals surface area contributed by atoms with Crippen LogP contribution in [-0.2, 0) is 16.1 Å².